The van der Waals surface area contributed by atoms with E-state index in [1.807, 2.05) is 12.1 Å². The summed E-state index contributed by atoms with van der Waals surface area (Å²) in [5, 5.41) is 9.53. The first-order chi connectivity index (χ1) is 19.1. The van der Waals surface area contributed by atoms with E-state index in [0.717, 1.165) is 56.5 Å². The Kier molecular flexibility index (Phi) is 6.59. The van der Waals surface area contributed by atoms with Gasteiger partial charge in [-0.25, -0.2) is 0 Å². The molecule has 7 rings (SSSR count). The first kappa shape index (κ1) is 24.8. The summed E-state index contributed by atoms with van der Waals surface area (Å²) in [6.07, 6.45) is 7.66. The minimum absolute atomic E-state index is 0.101. The number of nitrogens with zero attached hydrogens (tertiary/aromatic N) is 7. The van der Waals surface area contributed by atoms with Gasteiger partial charge < -0.3 is 14.5 Å². The van der Waals surface area contributed by atoms with Gasteiger partial charge in [-0.1, -0.05) is 12.5 Å². The maximum absolute atomic E-state index is 9.53. The summed E-state index contributed by atoms with van der Waals surface area (Å²) in [5.74, 6) is 0. The Labute approximate surface area is 230 Å². The minimum Gasteiger partial charge on any atom is -0.370 e. The Bertz CT molecular complexity index is 1400. The van der Waals surface area contributed by atoms with Gasteiger partial charge in [0, 0.05) is 76.5 Å². The van der Waals surface area contributed by atoms with Crippen LogP contribution in [0.5, 0.6) is 0 Å². The van der Waals surface area contributed by atoms with Crippen molar-refractivity contribution < 1.29 is 4.74 Å². The number of ether oxygens (including phenoxy) is 1. The van der Waals surface area contributed by atoms with Crippen LogP contribution in [0.25, 0.3) is 11.0 Å². The van der Waals surface area contributed by atoms with E-state index < -0.39 is 0 Å². The molecule has 0 radical (unpaired) electrons. The lowest BCUT2D eigenvalue weighted by molar-refractivity contribution is -0.0329. The fraction of sp³-hybridized carbons (Fsp3) is 0.516. The Morgan fingerprint density at radius 3 is 2.69 bits per heavy atom. The van der Waals surface area contributed by atoms with Gasteiger partial charge in [0.2, 0.25) is 0 Å². The second kappa shape index (κ2) is 10.4. The van der Waals surface area contributed by atoms with Gasteiger partial charge in [0.05, 0.1) is 23.5 Å². The fourth-order valence-electron chi connectivity index (χ4n) is 7.19. The van der Waals surface area contributed by atoms with Crippen LogP contribution in [0.4, 0.5) is 11.4 Å². The van der Waals surface area contributed by atoms with E-state index in [4.69, 9.17) is 4.74 Å². The molecular formula is C31H37N7O. The zero-order chi connectivity index (χ0) is 26.3. The van der Waals surface area contributed by atoms with Crippen LogP contribution in [-0.4, -0.2) is 83.8 Å². The number of anilines is 2. The maximum atomic E-state index is 9.53. The molecule has 3 saturated heterocycles. The highest BCUT2D eigenvalue weighted by atomic mass is 16.5. The number of piperazine rings is 1. The van der Waals surface area contributed by atoms with Crippen molar-refractivity contribution in [3.8, 4) is 6.07 Å². The first-order valence-electron chi connectivity index (χ1n) is 14.5. The summed E-state index contributed by atoms with van der Waals surface area (Å²) < 4.78 is 6.44. The molecule has 0 amide bonds. The molecule has 0 spiro atoms. The number of nitriles is 1. The van der Waals surface area contributed by atoms with Gasteiger partial charge in [-0.05, 0) is 61.7 Å². The van der Waals surface area contributed by atoms with Crippen molar-refractivity contribution in [1.29, 1.82) is 5.26 Å². The summed E-state index contributed by atoms with van der Waals surface area (Å²) in [6.45, 7) is 11.4. The largest absolute Gasteiger partial charge is 0.370 e. The van der Waals surface area contributed by atoms with Gasteiger partial charge >= 0.3 is 0 Å². The predicted molar refractivity (Wildman–Crippen MR) is 153 cm³/mol. The lowest BCUT2D eigenvalue weighted by atomic mass is 9.99. The summed E-state index contributed by atoms with van der Waals surface area (Å²) in [4.78, 5) is 19.3. The molecule has 0 N–H and O–H groups in total. The summed E-state index contributed by atoms with van der Waals surface area (Å²) >= 11 is 0. The van der Waals surface area contributed by atoms with Crippen molar-refractivity contribution in [3.63, 3.8) is 0 Å². The number of benzene rings is 2. The summed E-state index contributed by atoms with van der Waals surface area (Å²) in [5.41, 5.74) is 7.36. The van der Waals surface area contributed by atoms with Gasteiger partial charge in [0.15, 0.2) is 0 Å². The summed E-state index contributed by atoms with van der Waals surface area (Å²) in [6, 6.07) is 14.0. The SMILES string of the molecule is C[C@@H]1CN(c2ccc(C#N)c3nccnc23)C[C@H](CN2Cc3ccc(N4CCN5CCCCC5C4)cc3C2)O1. The monoisotopic (exact) mass is 523 g/mol. The van der Waals surface area contributed by atoms with Crippen LogP contribution < -0.4 is 9.80 Å². The number of aromatic nitrogens is 2. The van der Waals surface area contributed by atoms with E-state index in [-0.39, 0.29) is 12.2 Å². The number of piperidine rings is 1. The van der Waals surface area contributed by atoms with Gasteiger partial charge in [-0.15, -0.1) is 0 Å². The van der Waals surface area contributed by atoms with Crippen molar-refractivity contribution >= 4 is 22.4 Å². The van der Waals surface area contributed by atoms with Crippen LogP contribution in [0.1, 0.15) is 42.9 Å². The number of fused-ring (bicyclic) bond motifs is 3. The van der Waals surface area contributed by atoms with E-state index in [1.54, 1.807) is 12.4 Å². The average Bonchev–Trinajstić information content (AvgIpc) is 3.37. The quantitative estimate of drug-likeness (QED) is 0.512. The Morgan fingerprint density at radius 1 is 0.923 bits per heavy atom. The third kappa shape index (κ3) is 4.84. The first-order valence-corrected chi connectivity index (χ1v) is 14.5. The van der Waals surface area contributed by atoms with E-state index in [0.29, 0.717) is 11.1 Å². The average molecular weight is 524 g/mol. The highest BCUT2D eigenvalue weighted by Gasteiger charge is 2.32. The molecule has 8 heteroatoms. The molecule has 3 fully saturated rings. The van der Waals surface area contributed by atoms with Gasteiger partial charge in [-0.3, -0.25) is 19.8 Å². The van der Waals surface area contributed by atoms with Crippen LogP contribution in [0.3, 0.4) is 0 Å². The zero-order valence-corrected chi connectivity index (χ0v) is 22.8. The molecule has 4 aliphatic rings. The van der Waals surface area contributed by atoms with Crippen LogP contribution in [-0.2, 0) is 17.8 Å². The molecule has 8 nitrogen and oxygen atoms in total. The molecule has 39 heavy (non-hydrogen) atoms. The molecule has 0 aliphatic carbocycles. The third-order valence-electron chi connectivity index (χ3n) is 9.03. The molecule has 4 aliphatic heterocycles. The molecule has 0 saturated carbocycles. The molecule has 3 aromatic rings. The van der Waals surface area contributed by atoms with Gasteiger partial charge in [-0.2, -0.15) is 5.26 Å². The third-order valence-corrected chi connectivity index (χ3v) is 9.03. The van der Waals surface area contributed by atoms with E-state index in [9.17, 15) is 5.26 Å². The van der Waals surface area contributed by atoms with Crippen LogP contribution in [0.2, 0.25) is 0 Å². The number of hydrogen-bond acceptors (Lipinski definition) is 8. The number of hydrogen-bond donors (Lipinski definition) is 0. The highest BCUT2D eigenvalue weighted by Crippen LogP contribution is 2.32. The van der Waals surface area contributed by atoms with Crippen LogP contribution in [0, 0.1) is 11.3 Å². The molecule has 3 atom stereocenters. The van der Waals surface area contributed by atoms with Crippen molar-refractivity contribution in [2.24, 2.45) is 0 Å². The smallest absolute Gasteiger partial charge is 0.113 e. The Morgan fingerprint density at radius 2 is 1.79 bits per heavy atom. The van der Waals surface area contributed by atoms with Crippen molar-refractivity contribution in [3.05, 3.63) is 59.4 Å². The van der Waals surface area contributed by atoms with Crippen molar-refractivity contribution in [1.82, 2.24) is 19.8 Å². The molecule has 1 unspecified atom stereocenters. The summed E-state index contributed by atoms with van der Waals surface area (Å²) in [7, 11) is 0. The molecule has 202 valence electrons. The second-order valence-electron chi connectivity index (χ2n) is 11.7. The maximum Gasteiger partial charge on any atom is 0.113 e. The second-order valence-corrected chi connectivity index (χ2v) is 11.7. The molecule has 5 heterocycles. The van der Waals surface area contributed by atoms with E-state index in [2.05, 4.69) is 60.8 Å². The standard InChI is InChI=1S/C31H37N7O/c1-22-16-38(29-8-6-23(15-32)30-31(29)34-10-9-33-30)21-28(39-22)20-35-17-24-5-7-26(14-25(24)18-35)37-13-12-36-11-3-2-4-27(36)19-37/h5-10,14,22,27-28H,2-4,11-13,16-21H2,1H3/t22-,27?,28+/m1/s1. The minimum atomic E-state index is 0.101. The van der Waals surface area contributed by atoms with Gasteiger partial charge in [0.25, 0.3) is 0 Å². The number of morpholine rings is 1. The molecule has 1 aromatic heterocycles. The lowest BCUT2D eigenvalue weighted by Gasteiger charge is -2.45. The number of rotatable bonds is 4. The fourth-order valence-corrected chi connectivity index (χ4v) is 7.19. The van der Waals surface area contributed by atoms with Crippen LogP contribution >= 0.6 is 0 Å². The molecule has 0 bridgehead atoms. The van der Waals surface area contributed by atoms with Crippen molar-refractivity contribution in [2.45, 2.75) is 57.5 Å². The Hall–Kier alpha value is -3.25. The molecular weight excluding hydrogens is 486 g/mol. The topological polar surface area (TPSA) is 71.8 Å². The van der Waals surface area contributed by atoms with E-state index in [1.165, 1.54) is 55.7 Å². The van der Waals surface area contributed by atoms with E-state index >= 15 is 0 Å². The Balaban J connectivity index is 1.03. The van der Waals surface area contributed by atoms with Gasteiger partial charge in [0.1, 0.15) is 17.1 Å². The highest BCUT2D eigenvalue weighted by molar-refractivity contribution is 5.92. The molecule has 2 aromatic carbocycles. The normalized spacial score (nSPS) is 25.9. The lowest BCUT2D eigenvalue weighted by Crippen LogP contribution is -2.54. The van der Waals surface area contributed by atoms with Crippen molar-refractivity contribution in [2.75, 3.05) is 55.6 Å². The predicted octanol–water partition coefficient (Wildman–Crippen LogP) is 3.79. The zero-order valence-electron chi connectivity index (χ0n) is 22.8. The van der Waals surface area contributed by atoms with Crippen LogP contribution in [0.15, 0.2) is 42.7 Å².